The zero-order chi connectivity index (χ0) is 20.5. The maximum atomic E-state index is 11.5. The van der Waals surface area contributed by atoms with Crippen LogP contribution in [0.5, 0.6) is 0 Å². The first-order chi connectivity index (χ1) is 13.9. The van der Waals surface area contributed by atoms with Gasteiger partial charge in [-0.2, -0.15) is 5.26 Å². The monoisotopic (exact) mass is 512 g/mol. The Morgan fingerprint density at radius 2 is 2.03 bits per heavy atom. The van der Waals surface area contributed by atoms with Gasteiger partial charge in [0.15, 0.2) is 11.5 Å². The summed E-state index contributed by atoms with van der Waals surface area (Å²) in [4.78, 5) is 23.1. The Kier molecular flexibility index (Phi) is 5.05. The Balaban J connectivity index is 1.72. The molecule has 7 nitrogen and oxygen atoms in total. The number of carbonyl (C=O) groups is 1. The predicted molar refractivity (Wildman–Crippen MR) is 114 cm³/mol. The number of aromatic carboxylic acids is 1. The van der Waals surface area contributed by atoms with Gasteiger partial charge in [-0.05, 0) is 52.3 Å². The van der Waals surface area contributed by atoms with Crippen LogP contribution >= 0.6 is 31.9 Å². The van der Waals surface area contributed by atoms with Crippen molar-refractivity contribution in [1.82, 2.24) is 15.0 Å². The highest BCUT2D eigenvalue weighted by Crippen LogP contribution is 2.30. The number of fused-ring (bicyclic) bond motifs is 1. The number of hydrogen-bond acceptors (Lipinski definition) is 5. The van der Waals surface area contributed by atoms with E-state index in [1.807, 2.05) is 6.07 Å². The number of nitrogens with zero attached hydrogens (tertiary/aromatic N) is 3. The highest BCUT2D eigenvalue weighted by molar-refractivity contribution is 9.10. The van der Waals surface area contributed by atoms with Crippen LogP contribution < -0.4 is 0 Å². The first kappa shape index (κ1) is 19.1. The predicted octanol–water partition coefficient (Wildman–Crippen LogP) is 5.51. The molecule has 0 fully saturated rings. The first-order valence-corrected chi connectivity index (χ1v) is 9.79. The number of aromatic amines is 1. The quantitative estimate of drug-likeness (QED) is 0.348. The van der Waals surface area contributed by atoms with Gasteiger partial charge in [0, 0.05) is 26.8 Å². The number of hydrogen-bond donors (Lipinski definition) is 2. The third-order valence-corrected chi connectivity index (χ3v) is 5.00. The molecule has 4 rings (SSSR count). The molecule has 0 aliphatic heterocycles. The van der Waals surface area contributed by atoms with Gasteiger partial charge in [0.05, 0.1) is 16.7 Å². The fourth-order valence-electron chi connectivity index (χ4n) is 2.78. The van der Waals surface area contributed by atoms with Crippen molar-refractivity contribution in [2.45, 2.75) is 0 Å². The van der Waals surface area contributed by atoms with Gasteiger partial charge in [0.2, 0.25) is 0 Å². The number of nitrogens with one attached hydrogen (secondary N) is 1. The Morgan fingerprint density at radius 3 is 2.79 bits per heavy atom. The van der Waals surface area contributed by atoms with Crippen molar-refractivity contribution >= 4 is 60.6 Å². The number of aromatic nitrogens is 3. The molecular formula is C20H10Br2N4O3. The van der Waals surface area contributed by atoms with E-state index in [9.17, 15) is 15.2 Å². The Hall–Kier alpha value is -3.22. The maximum Gasteiger partial charge on any atom is 0.336 e. The lowest BCUT2D eigenvalue weighted by atomic mass is 10.1. The fraction of sp³-hybridized carbons (Fsp3) is 0. The number of benzene rings is 1. The summed E-state index contributed by atoms with van der Waals surface area (Å²) >= 11 is 6.62. The van der Waals surface area contributed by atoms with Crippen molar-refractivity contribution in [1.29, 1.82) is 5.26 Å². The first-order valence-electron chi connectivity index (χ1n) is 8.21. The molecule has 3 aromatic heterocycles. The fourth-order valence-corrected chi connectivity index (χ4v) is 3.47. The van der Waals surface area contributed by atoms with Crippen molar-refractivity contribution in [2.75, 3.05) is 0 Å². The van der Waals surface area contributed by atoms with Crippen LogP contribution in [-0.2, 0) is 0 Å². The molecule has 1 aromatic carbocycles. The molecule has 0 unspecified atom stereocenters. The van der Waals surface area contributed by atoms with Crippen LogP contribution in [0.3, 0.4) is 0 Å². The van der Waals surface area contributed by atoms with Crippen LogP contribution in [0.25, 0.3) is 34.1 Å². The molecule has 142 valence electrons. The number of carboxylic acids is 1. The van der Waals surface area contributed by atoms with E-state index in [2.05, 4.69) is 52.9 Å². The number of pyridine rings is 1. The van der Waals surface area contributed by atoms with Crippen molar-refractivity contribution in [3.8, 4) is 17.4 Å². The highest BCUT2D eigenvalue weighted by Gasteiger charge is 2.16. The number of halogens is 2. The number of imidazole rings is 1. The molecule has 29 heavy (non-hydrogen) atoms. The molecule has 0 saturated heterocycles. The zero-order valence-corrected chi connectivity index (χ0v) is 17.7. The second-order valence-corrected chi connectivity index (χ2v) is 7.81. The van der Waals surface area contributed by atoms with Gasteiger partial charge in [0.25, 0.3) is 0 Å². The van der Waals surface area contributed by atoms with Crippen molar-refractivity contribution in [2.24, 2.45) is 0 Å². The summed E-state index contributed by atoms with van der Waals surface area (Å²) in [5.74, 6) is 0.0772. The average molecular weight is 514 g/mol. The summed E-state index contributed by atoms with van der Waals surface area (Å²) in [6.45, 7) is 0. The number of allylic oxidation sites excluding steroid dienone is 1. The number of furan rings is 1. The number of carboxylic acid groups (broad SMARTS) is 1. The lowest BCUT2D eigenvalue weighted by Gasteiger charge is -2.03. The molecule has 0 radical (unpaired) electrons. The van der Waals surface area contributed by atoms with Gasteiger partial charge in [-0.15, -0.1) is 0 Å². The van der Waals surface area contributed by atoms with E-state index in [1.165, 1.54) is 12.1 Å². The Labute approximate surface area is 181 Å². The molecule has 0 spiro atoms. The van der Waals surface area contributed by atoms with Gasteiger partial charge >= 0.3 is 5.97 Å². The van der Waals surface area contributed by atoms with E-state index < -0.39 is 5.97 Å². The minimum atomic E-state index is -1.06. The van der Waals surface area contributed by atoms with E-state index >= 15 is 0 Å². The number of rotatable bonds is 4. The minimum Gasteiger partial charge on any atom is -0.478 e. The second-order valence-electron chi connectivity index (χ2n) is 5.98. The van der Waals surface area contributed by atoms with E-state index in [0.29, 0.717) is 38.5 Å². The highest BCUT2D eigenvalue weighted by atomic mass is 79.9. The van der Waals surface area contributed by atoms with Crippen molar-refractivity contribution in [3.63, 3.8) is 0 Å². The van der Waals surface area contributed by atoms with Crippen LogP contribution in [0.15, 0.2) is 56.0 Å². The minimum absolute atomic E-state index is 0.110. The van der Waals surface area contributed by atoms with E-state index in [1.54, 1.807) is 30.5 Å². The van der Waals surface area contributed by atoms with Crippen molar-refractivity contribution < 1.29 is 14.3 Å². The number of nitriles is 1. The largest absolute Gasteiger partial charge is 0.478 e. The molecule has 0 atom stereocenters. The van der Waals surface area contributed by atoms with E-state index in [4.69, 9.17) is 4.42 Å². The van der Waals surface area contributed by atoms with Crippen LogP contribution in [0.1, 0.15) is 21.9 Å². The van der Waals surface area contributed by atoms with Gasteiger partial charge in [-0.1, -0.05) is 15.9 Å². The Bertz CT molecular complexity index is 1330. The normalized spacial score (nSPS) is 11.6. The zero-order valence-electron chi connectivity index (χ0n) is 14.5. The summed E-state index contributed by atoms with van der Waals surface area (Å²) in [6.07, 6.45) is 3.16. The standard InChI is InChI=1S/C20H10Br2N4O3/c21-11-1-3-14(15(6-11)20(27)28)17-4-2-13(29-17)5-10(8-23)18-25-16-7-12(22)9-24-19(16)26-18/h1-7,9H,(H,27,28)(H,24,25,26)/b10-5+. The molecule has 0 saturated carbocycles. The molecule has 0 amide bonds. The van der Waals surface area contributed by atoms with Crippen LogP contribution in [0.4, 0.5) is 0 Å². The van der Waals surface area contributed by atoms with Gasteiger partial charge in [-0.3, -0.25) is 0 Å². The summed E-state index contributed by atoms with van der Waals surface area (Å²) in [5, 5.41) is 19.0. The Morgan fingerprint density at radius 1 is 1.21 bits per heavy atom. The summed E-state index contributed by atoms with van der Waals surface area (Å²) in [5.41, 5.74) is 1.99. The van der Waals surface area contributed by atoms with Crippen LogP contribution in [0.2, 0.25) is 0 Å². The average Bonchev–Trinajstić information content (AvgIpc) is 3.32. The van der Waals surface area contributed by atoms with Gasteiger partial charge in [-0.25, -0.2) is 14.8 Å². The summed E-state index contributed by atoms with van der Waals surface area (Å²) in [7, 11) is 0. The lowest BCUT2D eigenvalue weighted by Crippen LogP contribution is -1.99. The molecule has 0 aliphatic carbocycles. The third-order valence-electron chi connectivity index (χ3n) is 4.07. The van der Waals surface area contributed by atoms with E-state index in [-0.39, 0.29) is 11.1 Å². The molecule has 3 heterocycles. The lowest BCUT2D eigenvalue weighted by molar-refractivity contribution is 0.0697. The van der Waals surface area contributed by atoms with Crippen LogP contribution in [-0.4, -0.2) is 26.0 Å². The van der Waals surface area contributed by atoms with Crippen molar-refractivity contribution in [3.05, 3.63) is 68.7 Å². The molecule has 0 bridgehead atoms. The van der Waals surface area contributed by atoms with Gasteiger partial charge < -0.3 is 14.5 Å². The molecular weight excluding hydrogens is 504 g/mol. The second kappa shape index (κ2) is 7.66. The molecule has 0 aliphatic rings. The van der Waals surface area contributed by atoms with Crippen LogP contribution in [0, 0.1) is 11.3 Å². The summed E-state index contributed by atoms with van der Waals surface area (Å²) in [6, 6.07) is 12.1. The SMILES string of the molecule is N#C/C(=C\c1ccc(-c2ccc(Br)cc2C(=O)O)o1)c1nc2ncc(Br)cc2[nH]1. The maximum absolute atomic E-state index is 11.5. The summed E-state index contributed by atoms with van der Waals surface area (Å²) < 4.78 is 7.22. The third kappa shape index (κ3) is 3.85. The smallest absolute Gasteiger partial charge is 0.336 e. The van der Waals surface area contributed by atoms with Gasteiger partial charge in [0.1, 0.15) is 17.6 Å². The molecule has 4 aromatic rings. The van der Waals surface area contributed by atoms with E-state index in [0.717, 1.165) is 4.47 Å². The molecule has 9 heteroatoms. The molecule has 2 N–H and O–H groups in total. The topological polar surface area (TPSA) is 116 Å². The number of H-pyrrole nitrogens is 1.